The lowest BCUT2D eigenvalue weighted by Gasteiger charge is -2.16. The highest BCUT2D eigenvalue weighted by molar-refractivity contribution is 6.32. The molecule has 0 fully saturated rings. The second kappa shape index (κ2) is 7.34. The first kappa shape index (κ1) is 18.2. The van der Waals surface area contributed by atoms with Crippen molar-refractivity contribution in [2.45, 2.75) is 26.7 Å². The molecule has 0 unspecified atom stereocenters. The number of aromatic amines is 1. The van der Waals surface area contributed by atoms with Crippen molar-refractivity contribution in [3.8, 4) is 16.9 Å². The fraction of sp³-hybridized carbons (Fsp3) is 0.238. The second-order valence-electron chi connectivity index (χ2n) is 6.51. The molecular weight excluding hydrogens is 348 g/mol. The summed E-state index contributed by atoms with van der Waals surface area (Å²) in [6.07, 6.45) is 1.67. The monoisotopic (exact) mass is 368 g/mol. The number of nitrogens with zero attached hydrogens (tertiary/aromatic N) is 1. The maximum atomic E-state index is 12.4. The summed E-state index contributed by atoms with van der Waals surface area (Å²) in [5.41, 5.74) is 3.60. The highest BCUT2D eigenvalue weighted by Gasteiger charge is 2.15. The summed E-state index contributed by atoms with van der Waals surface area (Å²) >= 11 is 6.24. The lowest BCUT2D eigenvalue weighted by molar-refractivity contribution is 0.363. The smallest absolute Gasteiger partial charge is 0.258 e. The summed E-state index contributed by atoms with van der Waals surface area (Å²) < 4.78 is 5.65. The van der Waals surface area contributed by atoms with E-state index in [0.717, 1.165) is 16.7 Å². The van der Waals surface area contributed by atoms with Crippen LogP contribution in [0.4, 0.5) is 0 Å². The Bertz CT molecular complexity index is 1040. The molecule has 2 aromatic carbocycles. The van der Waals surface area contributed by atoms with Gasteiger partial charge in [-0.25, -0.2) is 4.98 Å². The molecule has 5 heteroatoms. The van der Waals surface area contributed by atoms with Crippen LogP contribution in [0.2, 0.25) is 5.02 Å². The number of aryl methyl sites for hydroxylation is 1. The van der Waals surface area contributed by atoms with Crippen molar-refractivity contribution in [1.82, 2.24) is 9.97 Å². The number of H-pyrrole nitrogens is 1. The largest absolute Gasteiger partial charge is 0.488 e. The Balaban J connectivity index is 2.25. The van der Waals surface area contributed by atoms with Gasteiger partial charge < -0.3 is 9.72 Å². The van der Waals surface area contributed by atoms with Crippen LogP contribution >= 0.6 is 11.6 Å². The Morgan fingerprint density at radius 3 is 2.77 bits per heavy atom. The van der Waals surface area contributed by atoms with Crippen LogP contribution in [0.3, 0.4) is 0 Å². The molecule has 0 bridgehead atoms. The Kier molecular flexibility index (Phi) is 5.14. The number of hydrogen-bond donors (Lipinski definition) is 1. The highest BCUT2D eigenvalue weighted by atomic mass is 35.5. The molecule has 1 N–H and O–H groups in total. The third-order valence-corrected chi connectivity index (χ3v) is 4.53. The van der Waals surface area contributed by atoms with E-state index in [-0.39, 0.29) is 11.5 Å². The lowest BCUT2D eigenvalue weighted by Crippen LogP contribution is -2.10. The molecule has 1 heterocycles. The molecule has 3 aromatic rings. The predicted molar refractivity (Wildman–Crippen MR) is 107 cm³/mol. The Morgan fingerprint density at radius 1 is 1.31 bits per heavy atom. The van der Waals surface area contributed by atoms with Crippen LogP contribution in [0.5, 0.6) is 5.75 Å². The van der Waals surface area contributed by atoms with Crippen LogP contribution < -0.4 is 10.3 Å². The quantitative estimate of drug-likeness (QED) is 0.626. The Labute approximate surface area is 157 Å². The van der Waals surface area contributed by atoms with E-state index in [1.165, 1.54) is 0 Å². The molecule has 134 valence electrons. The summed E-state index contributed by atoms with van der Waals surface area (Å²) in [7, 11) is 0. The molecule has 0 saturated heterocycles. The zero-order chi connectivity index (χ0) is 18.8. The van der Waals surface area contributed by atoms with Gasteiger partial charge in [0, 0.05) is 0 Å². The molecule has 1 aromatic heterocycles. The molecule has 0 atom stereocenters. The number of fused-ring (bicyclic) bond motifs is 1. The van der Waals surface area contributed by atoms with Crippen LogP contribution in [0.1, 0.15) is 31.2 Å². The Morgan fingerprint density at radius 2 is 2.08 bits per heavy atom. The standard InChI is InChI=1S/C21H21ClN2O2/c1-5-8-26-20-9-14(6-7-18(20)22)16-10-17-19(11-15(16)12(2)3)23-13(4)24-21(17)25/h5-7,9-12H,1,8H2,2-4H3,(H,23,24,25). The number of ether oxygens (including phenoxy) is 1. The molecule has 26 heavy (non-hydrogen) atoms. The molecule has 0 aliphatic rings. The van der Waals surface area contributed by atoms with Crippen molar-refractivity contribution in [1.29, 1.82) is 0 Å². The van der Waals surface area contributed by atoms with E-state index in [9.17, 15) is 4.79 Å². The highest BCUT2D eigenvalue weighted by Crippen LogP contribution is 2.36. The van der Waals surface area contributed by atoms with Crippen LogP contribution in [-0.4, -0.2) is 16.6 Å². The molecule has 4 nitrogen and oxygen atoms in total. The first-order valence-electron chi connectivity index (χ1n) is 8.49. The van der Waals surface area contributed by atoms with Gasteiger partial charge >= 0.3 is 0 Å². The lowest BCUT2D eigenvalue weighted by atomic mass is 9.91. The molecule has 0 aliphatic carbocycles. The molecule has 0 saturated carbocycles. The third kappa shape index (κ3) is 3.51. The van der Waals surface area contributed by atoms with Crippen molar-refractivity contribution < 1.29 is 4.74 Å². The summed E-state index contributed by atoms with van der Waals surface area (Å²) in [5.74, 6) is 1.47. The zero-order valence-corrected chi connectivity index (χ0v) is 15.9. The summed E-state index contributed by atoms with van der Waals surface area (Å²) in [5, 5.41) is 1.11. The second-order valence-corrected chi connectivity index (χ2v) is 6.91. The zero-order valence-electron chi connectivity index (χ0n) is 15.1. The Hall–Kier alpha value is -2.59. The first-order chi connectivity index (χ1) is 12.4. The van der Waals surface area contributed by atoms with Crippen LogP contribution in [0, 0.1) is 6.92 Å². The number of hydrogen-bond acceptors (Lipinski definition) is 3. The van der Waals surface area contributed by atoms with E-state index in [0.29, 0.717) is 34.1 Å². The van der Waals surface area contributed by atoms with Gasteiger partial charge in [-0.1, -0.05) is 44.2 Å². The van der Waals surface area contributed by atoms with E-state index in [1.807, 2.05) is 24.3 Å². The summed E-state index contributed by atoms with van der Waals surface area (Å²) in [4.78, 5) is 19.6. The fourth-order valence-electron chi connectivity index (χ4n) is 2.98. The maximum absolute atomic E-state index is 12.4. The normalized spacial score (nSPS) is 11.1. The molecule has 0 amide bonds. The van der Waals surface area contributed by atoms with E-state index in [1.54, 1.807) is 19.1 Å². The molecular formula is C21H21ClN2O2. The number of nitrogens with one attached hydrogen (secondary N) is 1. The fourth-order valence-corrected chi connectivity index (χ4v) is 3.15. The van der Waals surface area contributed by atoms with Gasteiger partial charge in [-0.05, 0) is 53.8 Å². The van der Waals surface area contributed by atoms with Gasteiger partial charge in [-0.15, -0.1) is 0 Å². The molecule has 0 radical (unpaired) electrons. The topological polar surface area (TPSA) is 55.0 Å². The number of rotatable bonds is 5. The number of halogens is 1. The molecule has 0 spiro atoms. The van der Waals surface area contributed by atoms with Crippen LogP contribution in [0.25, 0.3) is 22.0 Å². The average molecular weight is 369 g/mol. The molecule has 0 aliphatic heterocycles. The van der Waals surface area contributed by atoms with E-state index >= 15 is 0 Å². The van der Waals surface area contributed by atoms with Crippen molar-refractivity contribution in [2.75, 3.05) is 6.61 Å². The number of aromatic nitrogens is 2. The summed E-state index contributed by atoms with van der Waals surface area (Å²) in [6, 6.07) is 9.54. The van der Waals surface area contributed by atoms with Gasteiger partial charge in [0.05, 0.1) is 15.9 Å². The van der Waals surface area contributed by atoms with E-state index in [2.05, 4.69) is 30.4 Å². The minimum absolute atomic E-state index is 0.138. The van der Waals surface area contributed by atoms with Gasteiger partial charge in [0.2, 0.25) is 0 Å². The van der Waals surface area contributed by atoms with Crippen molar-refractivity contribution in [3.63, 3.8) is 0 Å². The predicted octanol–water partition coefficient (Wildman–Crippen LogP) is 5.24. The number of benzene rings is 2. The van der Waals surface area contributed by atoms with E-state index in [4.69, 9.17) is 16.3 Å². The van der Waals surface area contributed by atoms with Crippen molar-refractivity contribution >= 4 is 22.5 Å². The molecule has 3 rings (SSSR count). The van der Waals surface area contributed by atoms with E-state index < -0.39 is 0 Å². The first-order valence-corrected chi connectivity index (χ1v) is 8.86. The SMILES string of the molecule is C=CCOc1cc(-c2cc3c(=O)[nH]c(C)nc3cc2C(C)C)ccc1Cl. The van der Waals surface area contributed by atoms with Crippen LogP contribution in [-0.2, 0) is 0 Å². The van der Waals surface area contributed by atoms with Crippen molar-refractivity contribution in [2.24, 2.45) is 0 Å². The van der Waals surface area contributed by atoms with Gasteiger partial charge in [-0.3, -0.25) is 4.79 Å². The summed E-state index contributed by atoms with van der Waals surface area (Å²) in [6.45, 7) is 10.1. The van der Waals surface area contributed by atoms with Crippen LogP contribution in [0.15, 0.2) is 47.8 Å². The van der Waals surface area contributed by atoms with Crippen molar-refractivity contribution in [3.05, 3.63) is 69.8 Å². The van der Waals surface area contributed by atoms with Gasteiger partial charge in [-0.2, -0.15) is 0 Å². The minimum Gasteiger partial charge on any atom is -0.488 e. The minimum atomic E-state index is -0.138. The van der Waals surface area contributed by atoms with Gasteiger partial charge in [0.1, 0.15) is 18.2 Å². The van der Waals surface area contributed by atoms with Gasteiger partial charge in [0.15, 0.2) is 0 Å². The third-order valence-electron chi connectivity index (χ3n) is 4.22. The van der Waals surface area contributed by atoms with Gasteiger partial charge in [0.25, 0.3) is 5.56 Å². The maximum Gasteiger partial charge on any atom is 0.258 e. The average Bonchev–Trinajstić information content (AvgIpc) is 2.60.